The van der Waals surface area contributed by atoms with Crippen LogP contribution in [0, 0.1) is 0 Å². The molecule has 0 aromatic heterocycles. The lowest BCUT2D eigenvalue weighted by Crippen LogP contribution is -1.94. The van der Waals surface area contributed by atoms with E-state index in [4.69, 9.17) is 4.74 Å². The van der Waals surface area contributed by atoms with E-state index in [2.05, 4.69) is 12.2 Å². The minimum absolute atomic E-state index is 0.634. The summed E-state index contributed by atoms with van der Waals surface area (Å²) >= 11 is 0. The highest BCUT2D eigenvalue weighted by Gasteiger charge is 2.37. The molecule has 1 nitrogen and oxygen atoms in total. The molecule has 2 unspecified atom stereocenters. The van der Waals surface area contributed by atoms with Crippen LogP contribution in [0.5, 0.6) is 0 Å². The van der Waals surface area contributed by atoms with Gasteiger partial charge >= 0.3 is 0 Å². The summed E-state index contributed by atoms with van der Waals surface area (Å²) in [6.07, 6.45) is 10.8. The molecular formula is C8H12O. The van der Waals surface area contributed by atoms with Crippen molar-refractivity contribution in [1.29, 1.82) is 0 Å². The number of rotatable bonds is 0. The van der Waals surface area contributed by atoms with Gasteiger partial charge in [-0.25, -0.2) is 0 Å². The van der Waals surface area contributed by atoms with Crippen LogP contribution in [-0.2, 0) is 4.74 Å². The minimum Gasteiger partial charge on any atom is -0.370 e. The summed E-state index contributed by atoms with van der Waals surface area (Å²) in [4.78, 5) is 0. The van der Waals surface area contributed by atoms with Crippen LogP contribution in [0.1, 0.15) is 25.7 Å². The summed E-state index contributed by atoms with van der Waals surface area (Å²) in [7, 11) is 0. The van der Waals surface area contributed by atoms with Crippen molar-refractivity contribution in [3.05, 3.63) is 12.2 Å². The quantitative estimate of drug-likeness (QED) is 0.355. The topological polar surface area (TPSA) is 12.5 Å². The molecule has 2 aliphatic rings. The highest BCUT2D eigenvalue weighted by Crippen LogP contribution is 2.31. The van der Waals surface area contributed by atoms with Gasteiger partial charge in [0.05, 0.1) is 12.2 Å². The summed E-state index contributed by atoms with van der Waals surface area (Å²) in [5, 5.41) is 0. The first-order chi connectivity index (χ1) is 4.47. The summed E-state index contributed by atoms with van der Waals surface area (Å²) in [6.45, 7) is 0. The van der Waals surface area contributed by atoms with Gasteiger partial charge in [0.1, 0.15) is 0 Å². The predicted molar refractivity (Wildman–Crippen MR) is 36.3 cm³/mol. The average Bonchev–Trinajstić information content (AvgIpc) is 2.46. The van der Waals surface area contributed by atoms with Gasteiger partial charge in [-0.3, -0.25) is 0 Å². The number of hydrogen-bond acceptors (Lipinski definition) is 1. The number of ether oxygens (including phenoxy) is 1. The van der Waals surface area contributed by atoms with Gasteiger partial charge in [-0.1, -0.05) is 12.2 Å². The van der Waals surface area contributed by atoms with Gasteiger partial charge in [0, 0.05) is 0 Å². The summed E-state index contributed by atoms with van der Waals surface area (Å²) in [5.74, 6) is 0. The SMILES string of the molecule is C1=CCCC2OC2CC1. The molecule has 1 heteroatoms. The smallest absolute Gasteiger partial charge is 0.0845 e. The maximum atomic E-state index is 5.40. The second-order valence-electron chi connectivity index (χ2n) is 2.84. The molecule has 0 spiro atoms. The molecule has 1 fully saturated rings. The van der Waals surface area contributed by atoms with Crippen molar-refractivity contribution >= 4 is 0 Å². The van der Waals surface area contributed by atoms with Crippen LogP contribution < -0.4 is 0 Å². The van der Waals surface area contributed by atoms with E-state index in [1.807, 2.05) is 0 Å². The van der Waals surface area contributed by atoms with Crippen molar-refractivity contribution in [2.75, 3.05) is 0 Å². The van der Waals surface area contributed by atoms with E-state index in [-0.39, 0.29) is 0 Å². The Morgan fingerprint density at radius 3 is 2.11 bits per heavy atom. The van der Waals surface area contributed by atoms with Gasteiger partial charge in [-0.2, -0.15) is 0 Å². The van der Waals surface area contributed by atoms with E-state index < -0.39 is 0 Å². The van der Waals surface area contributed by atoms with Crippen molar-refractivity contribution < 1.29 is 4.74 Å². The van der Waals surface area contributed by atoms with E-state index in [1.54, 1.807) is 0 Å². The zero-order valence-electron chi connectivity index (χ0n) is 5.55. The lowest BCUT2D eigenvalue weighted by molar-refractivity contribution is 0.359. The third kappa shape index (κ3) is 1.16. The van der Waals surface area contributed by atoms with Gasteiger partial charge in [0.15, 0.2) is 0 Å². The van der Waals surface area contributed by atoms with Crippen LogP contribution in [0.15, 0.2) is 12.2 Å². The average molecular weight is 124 g/mol. The summed E-state index contributed by atoms with van der Waals surface area (Å²) in [6, 6.07) is 0. The minimum atomic E-state index is 0.634. The molecule has 1 saturated heterocycles. The molecule has 50 valence electrons. The predicted octanol–water partition coefficient (Wildman–Crippen LogP) is 1.88. The number of allylic oxidation sites excluding steroid dienone is 2. The van der Waals surface area contributed by atoms with Crippen molar-refractivity contribution in [3.63, 3.8) is 0 Å². The van der Waals surface area contributed by atoms with Gasteiger partial charge in [-0.15, -0.1) is 0 Å². The Morgan fingerprint density at radius 2 is 1.56 bits per heavy atom. The normalized spacial score (nSPS) is 40.9. The number of epoxide rings is 1. The van der Waals surface area contributed by atoms with Crippen molar-refractivity contribution in [1.82, 2.24) is 0 Å². The molecule has 0 amide bonds. The van der Waals surface area contributed by atoms with Crippen LogP contribution in [-0.4, -0.2) is 12.2 Å². The van der Waals surface area contributed by atoms with E-state index in [0.717, 1.165) is 0 Å². The monoisotopic (exact) mass is 124 g/mol. The first kappa shape index (κ1) is 5.48. The van der Waals surface area contributed by atoms with Crippen LogP contribution in [0.25, 0.3) is 0 Å². The molecule has 0 aromatic carbocycles. The zero-order valence-corrected chi connectivity index (χ0v) is 5.55. The van der Waals surface area contributed by atoms with Gasteiger partial charge in [0.25, 0.3) is 0 Å². The van der Waals surface area contributed by atoms with E-state index in [0.29, 0.717) is 12.2 Å². The molecule has 1 aliphatic heterocycles. The third-order valence-electron chi connectivity index (χ3n) is 2.09. The fourth-order valence-corrected chi connectivity index (χ4v) is 1.44. The molecule has 0 N–H and O–H groups in total. The van der Waals surface area contributed by atoms with Gasteiger partial charge < -0.3 is 4.74 Å². The standard InChI is InChI=1S/C8H12O/c1-2-4-6-8-7(9-8)5-3-1/h1-2,7-8H,3-6H2. The van der Waals surface area contributed by atoms with E-state index >= 15 is 0 Å². The molecule has 2 atom stereocenters. The lowest BCUT2D eigenvalue weighted by atomic mass is 10.1. The Morgan fingerprint density at radius 1 is 1.00 bits per heavy atom. The highest BCUT2D eigenvalue weighted by molar-refractivity contribution is 4.94. The summed E-state index contributed by atoms with van der Waals surface area (Å²) in [5.41, 5.74) is 0. The molecule has 1 aliphatic carbocycles. The van der Waals surface area contributed by atoms with Crippen LogP contribution in [0.2, 0.25) is 0 Å². The Labute approximate surface area is 55.7 Å². The second kappa shape index (κ2) is 2.14. The fourth-order valence-electron chi connectivity index (χ4n) is 1.44. The highest BCUT2D eigenvalue weighted by atomic mass is 16.6. The molecule has 0 bridgehead atoms. The second-order valence-corrected chi connectivity index (χ2v) is 2.84. The van der Waals surface area contributed by atoms with Crippen LogP contribution >= 0.6 is 0 Å². The number of fused-ring (bicyclic) bond motifs is 1. The Balaban J connectivity index is 1.91. The van der Waals surface area contributed by atoms with Crippen LogP contribution in [0.4, 0.5) is 0 Å². The third-order valence-corrected chi connectivity index (χ3v) is 2.09. The maximum absolute atomic E-state index is 5.40. The molecular weight excluding hydrogens is 112 g/mol. The first-order valence-electron chi connectivity index (χ1n) is 3.77. The summed E-state index contributed by atoms with van der Waals surface area (Å²) < 4.78 is 5.40. The van der Waals surface area contributed by atoms with E-state index in [9.17, 15) is 0 Å². The number of hydrogen-bond donors (Lipinski definition) is 0. The molecule has 9 heavy (non-hydrogen) atoms. The van der Waals surface area contributed by atoms with Crippen molar-refractivity contribution in [2.45, 2.75) is 37.9 Å². The molecule has 0 saturated carbocycles. The van der Waals surface area contributed by atoms with Gasteiger partial charge in [-0.05, 0) is 25.7 Å². The lowest BCUT2D eigenvalue weighted by Gasteiger charge is -1.95. The Bertz CT molecular complexity index is 115. The Kier molecular flexibility index (Phi) is 1.31. The van der Waals surface area contributed by atoms with Gasteiger partial charge in [0.2, 0.25) is 0 Å². The maximum Gasteiger partial charge on any atom is 0.0845 e. The largest absolute Gasteiger partial charge is 0.370 e. The van der Waals surface area contributed by atoms with Crippen molar-refractivity contribution in [2.24, 2.45) is 0 Å². The fraction of sp³-hybridized carbons (Fsp3) is 0.750. The first-order valence-corrected chi connectivity index (χ1v) is 3.77. The zero-order chi connectivity index (χ0) is 6.10. The van der Waals surface area contributed by atoms with E-state index in [1.165, 1.54) is 25.7 Å². The van der Waals surface area contributed by atoms with Crippen LogP contribution in [0.3, 0.4) is 0 Å². The molecule has 2 rings (SSSR count). The van der Waals surface area contributed by atoms with Crippen molar-refractivity contribution in [3.8, 4) is 0 Å². The molecule has 0 radical (unpaired) electrons. The Hall–Kier alpha value is -0.300. The molecule has 1 heterocycles. The molecule has 0 aromatic rings.